The van der Waals surface area contributed by atoms with E-state index in [2.05, 4.69) is 10.4 Å². The fourth-order valence-electron chi connectivity index (χ4n) is 3.07. The monoisotopic (exact) mass is 503 g/mol. The van der Waals surface area contributed by atoms with Crippen molar-refractivity contribution in [2.24, 2.45) is 0 Å². The summed E-state index contributed by atoms with van der Waals surface area (Å²) in [6.45, 7) is 0.596. The Morgan fingerprint density at radius 2 is 1.76 bits per heavy atom. The van der Waals surface area contributed by atoms with Crippen LogP contribution < -0.4 is 10.1 Å². The molecule has 0 unspecified atom stereocenters. The first-order valence-corrected chi connectivity index (χ1v) is 11.0. The quantitative estimate of drug-likeness (QED) is 0.299. The number of benzene rings is 3. The molecular formula is C24H17Cl3FN3O2. The van der Waals surface area contributed by atoms with Crippen LogP contribution in [0, 0.1) is 5.82 Å². The summed E-state index contributed by atoms with van der Waals surface area (Å²) in [5.41, 5.74) is 2.01. The molecule has 0 atom stereocenters. The summed E-state index contributed by atoms with van der Waals surface area (Å²) in [5, 5.41) is 8.21. The number of nitrogens with one attached hydrogen (secondary N) is 1. The van der Waals surface area contributed by atoms with Crippen LogP contribution in [0.4, 0.5) is 10.2 Å². The van der Waals surface area contributed by atoms with E-state index in [4.69, 9.17) is 39.5 Å². The number of hydrogen-bond donors (Lipinski definition) is 1. The van der Waals surface area contributed by atoms with E-state index >= 15 is 0 Å². The zero-order valence-electron chi connectivity index (χ0n) is 17.1. The van der Waals surface area contributed by atoms with Gasteiger partial charge in [-0.15, -0.1) is 0 Å². The Kier molecular flexibility index (Phi) is 7.18. The molecule has 0 saturated heterocycles. The average Bonchev–Trinajstić information content (AvgIpc) is 3.12. The number of ether oxygens (including phenoxy) is 1. The van der Waals surface area contributed by atoms with Crippen molar-refractivity contribution in [2.75, 3.05) is 5.32 Å². The zero-order chi connectivity index (χ0) is 23.4. The number of nitrogens with zero attached hydrogens (tertiary/aromatic N) is 2. The molecule has 0 radical (unpaired) electrons. The highest BCUT2D eigenvalue weighted by molar-refractivity contribution is 6.35. The van der Waals surface area contributed by atoms with Crippen molar-refractivity contribution in [1.82, 2.24) is 9.78 Å². The van der Waals surface area contributed by atoms with E-state index in [1.165, 1.54) is 16.8 Å². The number of hydrogen-bond acceptors (Lipinski definition) is 3. The minimum Gasteiger partial charge on any atom is -0.487 e. The van der Waals surface area contributed by atoms with E-state index in [-0.39, 0.29) is 29.2 Å². The lowest BCUT2D eigenvalue weighted by molar-refractivity contribution is 0.102. The Bertz CT molecular complexity index is 1290. The number of carbonyl (C=O) groups excluding carboxylic acids is 1. The minimum absolute atomic E-state index is 0.225. The van der Waals surface area contributed by atoms with E-state index in [0.29, 0.717) is 27.9 Å². The van der Waals surface area contributed by atoms with E-state index in [1.807, 2.05) is 0 Å². The third kappa shape index (κ3) is 6.05. The van der Waals surface area contributed by atoms with Crippen LogP contribution in [-0.4, -0.2) is 15.7 Å². The van der Waals surface area contributed by atoms with Gasteiger partial charge in [-0.2, -0.15) is 5.10 Å². The molecule has 9 heteroatoms. The van der Waals surface area contributed by atoms with Crippen LogP contribution in [0.15, 0.2) is 72.9 Å². The van der Waals surface area contributed by atoms with E-state index in [9.17, 15) is 9.18 Å². The largest absolute Gasteiger partial charge is 0.487 e. The van der Waals surface area contributed by atoms with Crippen LogP contribution in [0.25, 0.3) is 0 Å². The summed E-state index contributed by atoms with van der Waals surface area (Å²) in [4.78, 5) is 12.6. The molecule has 0 aliphatic heterocycles. The Morgan fingerprint density at radius 3 is 2.48 bits per heavy atom. The SMILES string of the molecule is O=C(Nc1nn(Cc2cccc(F)c2)cc1Cl)c1ccc(COc2ccc(Cl)cc2Cl)cc1. The third-order valence-corrected chi connectivity index (χ3v) is 5.49. The van der Waals surface area contributed by atoms with Crippen molar-refractivity contribution in [1.29, 1.82) is 0 Å². The molecule has 4 aromatic rings. The first-order chi connectivity index (χ1) is 15.9. The maximum absolute atomic E-state index is 13.4. The molecule has 0 aliphatic carbocycles. The highest BCUT2D eigenvalue weighted by Gasteiger charge is 2.13. The van der Waals surface area contributed by atoms with Gasteiger partial charge in [-0.05, 0) is 53.6 Å². The number of amides is 1. The van der Waals surface area contributed by atoms with Crippen LogP contribution in [0.5, 0.6) is 5.75 Å². The second-order valence-corrected chi connectivity index (χ2v) is 8.42. The molecule has 0 spiro atoms. The molecule has 1 heterocycles. The Morgan fingerprint density at radius 1 is 0.970 bits per heavy atom. The fraction of sp³-hybridized carbons (Fsp3) is 0.0833. The van der Waals surface area contributed by atoms with Gasteiger partial charge in [-0.3, -0.25) is 9.48 Å². The van der Waals surface area contributed by atoms with Crippen LogP contribution in [0.1, 0.15) is 21.5 Å². The van der Waals surface area contributed by atoms with Gasteiger partial charge in [0, 0.05) is 16.8 Å². The van der Waals surface area contributed by atoms with E-state index < -0.39 is 0 Å². The Labute approximate surface area is 204 Å². The second kappa shape index (κ2) is 10.3. The van der Waals surface area contributed by atoms with Gasteiger partial charge in [0.25, 0.3) is 5.91 Å². The predicted octanol–water partition coefficient (Wildman–Crippen LogP) is 6.86. The van der Waals surface area contributed by atoms with Crippen molar-refractivity contribution >= 4 is 46.5 Å². The standard InChI is InChI=1S/C24H17Cl3FN3O2/c25-18-8-9-22(20(26)11-18)33-14-15-4-6-17(7-5-15)24(32)29-23-21(27)13-31(30-23)12-16-2-1-3-19(28)10-16/h1-11,13H,12,14H2,(H,29,30,32). The number of carbonyl (C=O) groups is 1. The van der Waals surface area contributed by atoms with Crippen LogP contribution in [-0.2, 0) is 13.2 Å². The summed E-state index contributed by atoms with van der Waals surface area (Å²) in [6, 6.07) is 18.1. The van der Waals surface area contributed by atoms with Gasteiger partial charge in [0.1, 0.15) is 23.2 Å². The van der Waals surface area contributed by atoms with Crippen molar-refractivity contribution < 1.29 is 13.9 Å². The van der Waals surface area contributed by atoms with Gasteiger partial charge in [-0.1, -0.05) is 59.1 Å². The number of aromatic nitrogens is 2. The van der Waals surface area contributed by atoms with Crippen LogP contribution >= 0.6 is 34.8 Å². The zero-order valence-corrected chi connectivity index (χ0v) is 19.3. The first kappa shape index (κ1) is 23.1. The number of halogens is 4. The molecule has 0 aliphatic rings. The van der Waals surface area contributed by atoms with Gasteiger partial charge in [-0.25, -0.2) is 4.39 Å². The van der Waals surface area contributed by atoms with Crippen molar-refractivity contribution in [2.45, 2.75) is 13.2 Å². The lowest BCUT2D eigenvalue weighted by atomic mass is 10.1. The van der Waals surface area contributed by atoms with Crippen LogP contribution in [0.2, 0.25) is 15.1 Å². The van der Waals surface area contributed by atoms with Gasteiger partial charge < -0.3 is 10.1 Å². The molecule has 3 aromatic carbocycles. The molecule has 1 N–H and O–H groups in total. The van der Waals surface area contributed by atoms with E-state index in [0.717, 1.165) is 11.1 Å². The van der Waals surface area contributed by atoms with Crippen LogP contribution in [0.3, 0.4) is 0 Å². The fourth-order valence-corrected chi connectivity index (χ4v) is 3.73. The summed E-state index contributed by atoms with van der Waals surface area (Å²) < 4.78 is 20.6. The Balaban J connectivity index is 1.37. The average molecular weight is 505 g/mol. The lowest BCUT2D eigenvalue weighted by Gasteiger charge is -2.09. The third-order valence-electron chi connectivity index (χ3n) is 4.69. The molecule has 168 valence electrons. The first-order valence-electron chi connectivity index (χ1n) is 9.83. The number of anilines is 1. The van der Waals surface area contributed by atoms with Gasteiger partial charge >= 0.3 is 0 Å². The molecular weight excluding hydrogens is 488 g/mol. The highest BCUT2D eigenvalue weighted by Crippen LogP contribution is 2.28. The normalized spacial score (nSPS) is 10.8. The number of rotatable bonds is 7. The van der Waals surface area contributed by atoms with Crippen molar-refractivity contribution in [3.05, 3.63) is 111 Å². The molecule has 0 fully saturated rings. The smallest absolute Gasteiger partial charge is 0.256 e. The highest BCUT2D eigenvalue weighted by atomic mass is 35.5. The van der Waals surface area contributed by atoms with Gasteiger partial charge in [0.2, 0.25) is 0 Å². The maximum atomic E-state index is 13.4. The summed E-state index contributed by atoms with van der Waals surface area (Å²) in [7, 11) is 0. The van der Waals surface area contributed by atoms with E-state index in [1.54, 1.807) is 60.8 Å². The molecule has 4 rings (SSSR count). The molecule has 1 amide bonds. The molecule has 0 saturated carbocycles. The maximum Gasteiger partial charge on any atom is 0.256 e. The molecule has 1 aromatic heterocycles. The molecule has 5 nitrogen and oxygen atoms in total. The van der Waals surface area contributed by atoms with Gasteiger partial charge in [0.15, 0.2) is 5.82 Å². The summed E-state index contributed by atoms with van der Waals surface area (Å²) >= 11 is 18.2. The topological polar surface area (TPSA) is 56.2 Å². The van der Waals surface area contributed by atoms with Crippen molar-refractivity contribution in [3.8, 4) is 5.75 Å². The minimum atomic E-state index is -0.360. The van der Waals surface area contributed by atoms with Crippen molar-refractivity contribution in [3.63, 3.8) is 0 Å². The van der Waals surface area contributed by atoms with Gasteiger partial charge in [0.05, 0.1) is 11.6 Å². The summed E-state index contributed by atoms with van der Waals surface area (Å²) in [5.74, 6) is 0.0553. The summed E-state index contributed by atoms with van der Waals surface area (Å²) in [6.07, 6.45) is 1.57. The Hall–Kier alpha value is -3.06. The molecule has 33 heavy (non-hydrogen) atoms. The lowest BCUT2D eigenvalue weighted by Crippen LogP contribution is -2.13. The predicted molar refractivity (Wildman–Crippen MR) is 128 cm³/mol. The second-order valence-electron chi connectivity index (χ2n) is 7.17. The molecule has 0 bridgehead atoms.